The van der Waals surface area contributed by atoms with Crippen LogP contribution in [0.15, 0.2) is 24.3 Å². The number of ether oxygens (including phenoxy) is 3. The Bertz CT molecular complexity index is 502. The molecular weight excluding hydrogens is 268 g/mol. The summed E-state index contributed by atoms with van der Waals surface area (Å²) in [5.74, 6) is -0.751. The Morgan fingerprint density at radius 2 is 1.80 bits per heavy atom. The average Bonchev–Trinajstić information content (AvgIpc) is 2.42. The van der Waals surface area contributed by atoms with Crippen molar-refractivity contribution in [3.8, 4) is 11.5 Å². The Labute approximate surface area is 114 Å². The number of benzene rings is 1. The van der Waals surface area contributed by atoms with Crippen molar-refractivity contribution in [2.24, 2.45) is 5.73 Å². The zero-order chi connectivity index (χ0) is 15.0. The first-order chi connectivity index (χ1) is 9.52. The quantitative estimate of drug-likeness (QED) is 0.698. The van der Waals surface area contributed by atoms with Crippen LogP contribution < -0.4 is 20.5 Å². The summed E-state index contributed by atoms with van der Waals surface area (Å²) in [5.41, 5.74) is 4.72. The second kappa shape index (κ2) is 7.62. The van der Waals surface area contributed by atoms with E-state index in [4.69, 9.17) is 15.2 Å². The molecule has 3 N–H and O–H groups in total. The maximum Gasteiger partial charge on any atom is 0.344 e. The number of esters is 1. The van der Waals surface area contributed by atoms with Crippen LogP contribution in [-0.2, 0) is 14.3 Å². The van der Waals surface area contributed by atoms with Crippen molar-refractivity contribution in [3.05, 3.63) is 24.3 Å². The van der Waals surface area contributed by atoms with Gasteiger partial charge in [-0.25, -0.2) is 9.59 Å². The van der Waals surface area contributed by atoms with Gasteiger partial charge in [0.05, 0.1) is 7.11 Å². The first-order valence-corrected chi connectivity index (χ1v) is 5.53. The number of hydrogen-bond donors (Lipinski definition) is 2. The third kappa shape index (κ3) is 5.25. The Balaban J connectivity index is 2.36. The van der Waals surface area contributed by atoms with Gasteiger partial charge in [0.1, 0.15) is 0 Å². The highest BCUT2D eigenvalue weighted by atomic mass is 16.6. The molecule has 0 radical (unpaired) electrons. The monoisotopic (exact) mass is 282 g/mol. The predicted octanol–water partition coefficient (Wildman–Crippen LogP) is -0.188. The molecule has 20 heavy (non-hydrogen) atoms. The summed E-state index contributed by atoms with van der Waals surface area (Å²) in [6, 6.07) is 5.73. The summed E-state index contributed by atoms with van der Waals surface area (Å²) in [7, 11) is 1.47. The maximum atomic E-state index is 11.3. The van der Waals surface area contributed by atoms with Gasteiger partial charge >= 0.3 is 12.0 Å². The van der Waals surface area contributed by atoms with E-state index < -0.39 is 31.1 Å². The molecule has 8 nitrogen and oxygen atoms in total. The van der Waals surface area contributed by atoms with Gasteiger partial charge in [0, 0.05) is 0 Å². The third-order valence-electron chi connectivity index (χ3n) is 2.04. The van der Waals surface area contributed by atoms with Crippen molar-refractivity contribution in [3.63, 3.8) is 0 Å². The first-order valence-electron chi connectivity index (χ1n) is 5.53. The molecule has 1 aromatic carbocycles. The van der Waals surface area contributed by atoms with Crippen LogP contribution in [0.2, 0.25) is 0 Å². The van der Waals surface area contributed by atoms with Gasteiger partial charge < -0.3 is 19.9 Å². The van der Waals surface area contributed by atoms with Crippen LogP contribution in [0.4, 0.5) is 4.79 Å². The summed E-state index contributed by atoms with van der Waals surface area (Å²) in [4.78, 5) is 32.7. The topological polar surface area (TPSA) is 117 Å². The standard InChI is InChI=1S/C12H14N2O6/c1-18-8-4-2-3-5-9(8)19-7-11(16)20-6-10(15)14-12(13)17/h2-5H,6-7H2,1H3,(H3,13,14,15,17). The number of amides is 3. The third-order valence-corrected chi connectivity index (χ3v) is 2.04. The van der Waals surface area contributed by atoms with Crippen molar-refractivity contribution in [2.75, 3.05) is 20.3 Å². The number of imide groups is 1. The molecule has 0 spiro atoms. The van der Waals surface area contributed by atoms with E-state index >= 15 is 0 Å². The molecule has 8 heteroatoms. The summed E-state index contributed by atoms with van der Waals surface area (Å²) in [6.45, 7) is -1.01. The van der Waals surface area contributed by atoms with Crippen LogP contribution in [0.25, 0.3) is 0 Å². The molecule has 0 fully saturated rings. The SMILES string of the molecule is COc1ccccc1OCC(=O)OCC(=O)NC(N)=O. The van der Waals surface area contributed by atoms with Gasteiger partial charge in [0.15, 0.2) is 24.7 Å². The van der Waals surface area contributed by atoms with Gasteiger partial charge in [-0.1, -0.05) is 12.1 Å². The lowest BCUT2D eigenvalue weighted by atomic mass is 10.3. The van der Waals surface area contributed by atoms with E-state index in [9.17, 15) is 14.4 Å². The number of nitrogens with two attached hydrogens (primary N) is 1. The van der Waals surface area contributed by atoms with E-state index in [1.807, 2.05) is 0 Å². The minimum absolute atomic E-state index is 0.369. The summed E-state index contributed by atoms with van der Waals surface area (Å²) < 4.78 is 14.8. The Morgan fingerprint density at radius 3 is 2.40 bits per heavy atom. The molecule has 0 bridgehead atoms. The number of urea groups is 1. The Kier molecular flexibility index (Phi) is 5.82. The van der Waals surface area contributed by atoms with E-state index in [2.05, 4.69) is 4.74 Å². The van der Waals surface area contributed by atoms with E-state index in [0.717, 1.165) is 0 Å². The zero-order valence-electron chi connectivity index (χ0n) is 10.8. The number of hydrogen-bond acceptors (Lipinski definition) is 6. The lowest BCUT2D eigenvalue weighted by molar-refractivity contribution is -0.150. The van der Waals surface area contributed by atoms with Gasteiger partial charge in [-0.05, 0) is 12.1 Å². The average molecular weight is 282 g/mol. The molecule has 3 amide bonds. The summed E-state index contributed by atoms with van der Waals surface area (Å²) in [6.07, 6.45) is 0. The van der Waals surface area contributed by atoms with Crippen molar-refractivity contribution < 1.29 is 28.6 Å². The number of methoxy groups -OCH3 is 1. The largest absolute Gasteiger partial charge is 0.493 e. The molecule has 0 unspecified atom stereocenters. The van der Waals surface area contributed by atoms with E-state index in [1.165, 1.54) is 7.11 Å². The zero-order valence-corrected chi connectivity index (χ0v) is 10.8. The van der Waals surface area contributed by atoms with Crippen molar-refractivity contribution >= 4 is 17.9 Å². The normalized spacial score (nSPS) is 9.45. The van der Waals surface area contributed by atoms with Crippen LogP contribution in [0, 0.1) is 0 Å². The van der Waals surface area contributed by atoms with Crippen LogP contribution >= 0.6 is 0 Å². The fourth-order valence-corrected chi connectivity index (χ4v) is 1.24. The second-order valence-electron chi connectivity index (χ2n) is 3.51. The number of nitrogens with one attached hydrogen (secondary N) is 1. The van der Waals surface area contributed by atoms with Crippen LogP contribution in [-0.4, -0.2) is 38.2 Å². The molecule has 1 aromatic rings. The summed E-state index contributed by atoms with van der Waals surface area (Å²) >= 11 is 0. The molecule has 0 aliphatic rings. The lowest BCUT2D eigenvalue weighted by Crippen LogP contribution is -2.38. The van der Waals surface area contributed by atoms with Crippen LogP contribution in [0.1, 0.15) is 0 Å². The second-order valence-corrected chi connectivity index (χ2v) is 3.51. The smallest absolute Gasteiger partial charge is 0.344 e. The first kappa shape index (κ1) is 15.3. The molecule has 0 saturated heterocycles. The number of rotatable bonds is 6. The van der Waals surface area contributed by atoms with E-state index in [0.29, 0.717) is 11.5 Å². The Morgan fingerprint density at radius 1 is 1.15 bits per heavy atom. The fourth-order valence-electron chi connectivity index (χ4n) is 1.24. The van der Waals surface area contributed by atoms with Crippen molar-refractivity contribution in [1.82, 2.24) is 5.32 Å². The molecule has 0 aromatic heterocycles. The number of carbonyl (C=O) groups is 3. The molecular formula is C12H14N2O6. The van der Waals surface area contributed by atoms with E-state index in [1.54, 1.807) is 29.6 Å². The van der Waals surface area contributed by atoms with Crippen molar-refractivity contribution in [1.29, 1.82) is 0 Å². The number of primary amides is 1. The van der Waals surface area contributed by atoms with Crippen molar-refractivity contribution in [2.45, 2.75) is 0 Å². The minimum Gasteiger partial charge on any atom is -0.493 e. The molecule has 0 heterocycles. The number of carbonyl (C=O) groups excluding carboxylic acids is 3. The molecule has 0 aliphatic heterocycles. The van der Waals surface area contributed by atoms with Gasteiger partial charge in [-0.15, -0.1) is 0 Å². The van der Waals surface area contributed by atoms with E-state index in [-0.39, 0.29) is 0 Å². The Hall–Kier alpha value is -2.77. The molecule has 108 valence electrons. The minimum atomic E-state index is -1.02. The molecule has 0 atom stereocenters. The van der Waals surface area contributed by atoms with Gasteiger partial charge in [-0.2, -0.15) is 0 Å². The highest BCUT2D eigenvalue weighted by Crippen LogP contribution is 2.25. The molecule has 0 aliphatic carbocycles. The highest BCUT2D eigenvalue weighted by molar-refractivity contribution is 5.94. The van der Waals surface area contributed by atoms with Gasteiger partial charge in [-0.3, -0.25) is 10.1 Å². The molecule has 1 rings (SSSR count). The highest BCUT2D eigenvalue weighted by Gasteiger charge is 2.11. The van der Waals surface area contributed by atoms with Gasteiger partial charge in [0.2, 0.25) is 0 Å². The maximum absolute atomic E-state index is 11.3. The predicted molar refractivity (Wildman–Crippen MR) is 67.2 cm³/mol. The lowest BCUT2D eigenvalue weighted by Gasteiger charge is -2.09. The number of para-hydroxylation sites is 2. The fraction of sp³-hybridized carbons (Fsp3) is 0.250. The van der Waals surface area contributed by atoms with Crippen LogP contribution in [0.5, 0.6) is 11.5 Å². The van der Waals surface area contributed by atoms with Gasteiger partial charge in [0.25, 0.3) is 5.91 Å². The van der Waals surface area contributed by atoms with Crippen LogP contribution in [0.3, 0.4) is 0 Å². The molecule has 0 saturated carbocycles. The summed E-state index contributed by atoms with van der Waals surface area (Å²) in [5, 5.41) is 1.75.